The van der Waals surface area contributed by atoms with Crippen LogP contribution in [-0.2, 0) is 20.4 Å². The third-order valence-electron chi connectivity index (χ3n) is 3.75. The molecule has 0 aliphatic carbocycles. The smallest absolute Gasteiger partial charge is 0.360 e. The first-order valence-corrected chi connectivity index (χ1v) is 9.09. The molecule has 0 aliphatic heterocycles. The van der Waals surface area contributed by atoms with E-state index in [1.807, 2.05) is 0 Å². The van der Waals surface area contributed by atoms with Gasteiger partial charge in [-0.2, -0.15) is 17.6 Å². The zero-order chi connectivity index (χ0) is 23.1. The van der Waals surface area contributed by atoms with Crippen LogP contribution in [0.15, 0.2) is 9.79 Å². The van der Waals surface area contributed by atoms with E-state index in [1.54, 1.807) is 0 Å². The number of hydrogen-bond acceptors (Lipinski definition) is 2. The molecular formula is C17H9F10O2S+. The van der Waals surface area contributed by atoms with E-state index in [-0.39, 0.29) is 6.61 Å². The summed E-state index contributed by atoms with van der Waals surface area (Å²) in [7, 11) is -3.20. The highest BCUT2D eigenvalue weighted by Crippen LogP contribution is 2.39. The summed E-state index contributed by atoms with van der Waals surface area (Å²) >= 11 is 0. The fourth-order valence-electron chi connectivity index (χ4n) is 2.37. The fourth-order valence-corrected chi connectivity index (χ4v) is 4.67. The normalized spacial score (nSPS) is 12.4. The SMILES string of the molecule is CCOC(=O)C(C)[S+](c1c(F)c(F)c(F)c(F)c1F)c1c(F)c(F)c(F)c(F)c1F. The van der Waals surface area contributed by atoms with Crippen LogP contribution in [0, 0.1) is 58.2 Å². The lowest BCUT2D eigenvalue weighted by Crippen LogP contribution is -2.33. The van der Waals surface area contributed by atoms with Crippen LogP contribution in [0.2, 0.25) is 0 Å². The minimum Gasteiger partial charge on any atom is -0.462 e. The molecule has 0 aliphatic rings. The lowest BCUT2D eigenvalue weighted by Gasteiger charge is -2.17. The van der Waals surface area contributed by atoms with Crippen molar-refractivity contribution in [2.75, 3.05) is 6.61 Å². The van der Waals surface area contributed by atoms with E-state index < -0.39 is 90.1 Å². The van der Waals surface area contributed by atoms with Crippen molar-refractivity contribution >= 4 is 16.9 Å². The van der Waals surface area contributed by atoms with Crippen LogP contribution in [-0.4, -0.2) is 17.8 Å². The minimum absolute atomic E-state index is 0.380. The van der Waals surface area contributed by atoms with Gasteiger partial charge in [0.25, 0.3) is 0 Å². The van der Waals surface area contributed by atoms with Gasteiger partial charge in [0.15, 0.2) is 0 Å². The maximum absolute atomic E-state index is 14.3. The summed E-state index contributed by atoms with van der Waals surface area (Å²) in [5.74, 6) is -27.3. The number of carbonyl (C=O) groups excluding carboxylic acids is 1. The highest BCUT2D eigenvalue weighted by Gasteiger charge is 2.51. The Bertz CT molecular complexity index is 899. The molecule has 0 saturated carbocycles. The topological polar surface area (TPSA) is 26.3 Å². The number of benzene rings is 2. The van der Waals surface area contributed by atoms with E-state index in [0.29, 0.717) is 6.92 Å². The zero-order valence-electron chi connectivity index (χ0n) is 14.8. The predicted molar refractivity (Wildman–Crippen MR) is 82.5 cm³/mol. The highest BCUT2D eigenvalue weighted by atomic mass is 32.2. The van der Waals surface area contributed by atoms with Crippen LogP contribution < -0.4 is 0 Å². The van der Waals surface area contributed by atoms with Gasteiger partial charge >= 0.3 is 5.97 Å². The van der Waals surface area contributed by atoms with Crippen molar-refractivity contribution in [2.24, 2.45) is 0 Å². The molecule has 2 nitrogen and oxygen atoms in total. The molecular weight excluding hydrogens is 458 g/mol. The van der Waals surface area contributed by atoms with Gasteiger partial charge in [0.05, 0.1) is 17.5 Å². The van der Waals surface area contributed by atoms with E-state index in [1.165, 1.54) is 6.92 Å². The fraction of sp³-hybridized carbons (Fsp3) is 0.235. The summed E-state index contributed by atoms with van der Waals surface area (Å²) in [6, 6.07) is 0. The Morgan fingerprint density at radius 3 is 1.20 bits per heavy atom. The first kappa shape index (κ1) is 23.8. The zero-order valence-corrected chi connectivity index (χ0v) is 15.6. The number of ether oxygens (including phenoxy) is 1. The average Bonchev–Trinajstić information content (AvgIpc) is 2.72. The molecule has 1 atom stereocenters. The van der Waals surface area contributed by atoms with Crippen LogP contribution in [0.1, 0.15) is 13.8 Å². The molecule has 0 N–H and O–H groups in total. The van der Waals surface area contributed by atoms with Crippen LogP contribution in [0.3, 0.4) is 0 Å². The number of halogens is 10. The number of carbonyl (C=O) groups is 1. The molecule has 0 radical (unpaired) electrons. The number of rotatable bonds is 5. The molecule has 0 fully saturated rings. The molecule has 30 heavy (non-hydrogen) atoms. The number of esters is 1. The molecule has 164 valence electrons. The summed E-state index contributed by atoms with van der Waals surface area (Å²) in [6.07, 6.45) is 0. The maximum atomic E-state index is 14.3. The largest absolute Gasteiger partial charge is 0.462 e. The van der Waals surface area contributed by atoms with Crippen molar-refractivity contribution in [1.29, 1.82) is 0 Å². The maximum Gasteiger partial charge on any atom is 0.360 e. The Morgan fingerprint density at radius 2 is 0.933 bits per heavy atom. The Morgan fingerprint density at radius 1 is 0.667 bits per heavy atom. The van der Waals surface area contributed by atoms with E-state index >= 15 is 0 Å². The monoisotopic (exact) mass is 467 g/mol. The lowest BCUT2D eigenvalue weighted by atomic mass is 10.3. The van der Waals surface area contributed by atoms with E-state index in [2.05, 4.69) is 4.74 Å². The van der Waals surface area contributed by atoms with Gasteiger partial charge in [-0.3, -0.25) is 0 Å². The highest BCUT2D eigenvalue weighted by molar-refractivity contribution is 7.98. The second kappa shape index (κ2) is 8.74. The van der Waals surface area contributed by atoms with Crippen molar-refractivity contribution in [3.63, 3.8) is 0 Å². The van der Waals surface area contributed by atoms with Gasteiger partial charge in [-0.05, 0) is 13.8 Å². The minimum atomic E-state index is -3.20. The third kappa shape index (κ3) is 3.70. The van der Waals surface area contributed by atoms with Gasteiger partial charge in [-0.1, -0.05) is 0 Å². The van der Waals surface area contributed by atoms with Crippen LogP contribution in [0.5, 0.6) is 0 Å². The summed E-state index contributed by atoms with van der Waals surface area (Å²) in [4.78, 5) is 8.15. The summed E-state index contributed by atoms with van der Waals surface area (Å²) in [6.45, 7) is 1.57. The molecule has 0 heterocycles. The molecule has 1 unspecified atom stereocenters. The Labute approximate surface area is 164 Å². The predicted octanol–water partition coefficient (Wildman–Crippen LogP) is 5.07. The van der Waals surface area contributed by atoms with Crippen molar-refractivity contribution in [3.05, 3.63) is 58.2 Å². The standard InChI is InChI=1S/C17H9F10O2S/c1-3-29-17(28)4(2)30(15-11(24)7(20)5(18)8(21)12(15)25)16-13(26)9(22)6(19)10(23)14(16)27/h4H,3H2,1-2H3/q+1. The molecule has 2 aromatic rings. The molecule has 0 spiro atoms. The van der Waals surface area contributed by atoms with Crippen LogP contribution in [0.25, 0.3) is 0 Å². The van der Waals surface area contributed by atoms with Crippen molar-refractivity contribution in [3.8, 4) is 0 Å². The molecule has 0 saturated heterocycles. The van der Waals surface area contributed by atoms with E-state index in [9.17, 15) is 48.7 Å². The van der Waals surface area contributed by atoms with Gasteiger partial charge in [0.1, 0.15) is 0 Å². The quantitative estimate of drug-likeness (QED) is 0.202. The van der Waals surface area contributed by atoms with Gasteiger partial charge in [0.2, 0.25) is 73.2 Å². The van der Waals surface area contributed by atoms with Crippen LogP contribution in [0.4, 0.5) is 43.9 Å². The van der Waals surface area contributed by atoms with Crippen LogP contribution >= 0.6 is 0 Å². The van der Waals surface area contributed by atoms with Crippen molar-refractivity contribution in [1.82, 2.24) is 0 Å². The summed E-state index contributed by atoms with van der Waals surface area (Å²) < 4.78 is 143. The third-order valence-corrected chi connectivity index (χ3v) is 6.25. The van der Waals surface area contributed by atoms with Crippen molar-refractivity contribution < 1.29 is 53.4 Å². The van der Waals surface area contributed by atoms with Gasteiger partial charge in [-0.25, -0.2) is 31.1 Å². The molecule has 0 amide bonds. The second-order valence-corrected chi connectivity index (χ2v) is 7.73. The van der Waals surface area contributed by atoms with Crippen molar-refractivity contribution in [2.45, 2.75) is 28.9 Å². The molecule has 0 aromatic heterocycles. The first-order chi connectivity index (χ1) is 13.9. The molecule has 2 rings (SSSR count). The molecule has 0 bridgehead atoms. The van der Waals surface area contributed by atoms with Gasteiger partial charge in [0, 0.05) is 0 Å². The Balaban J connectivity index is 3.00. The molecule has 2 aromatic carbocycles. The average molecular weight is 467 g/mol. The summed E-state index contributed by atoms with van der Waals surface area (Å²) in [5, 5.41) is -2.11. The van der Waals surface area contributed by atoms with E-state index in [4.69, 9.17) is 0 Å². The second-order valence-electron chi connectivity index (χ2n) is 5.53. The molecule has 13 heteroatoms. The number of hydrogen-bond donors (Lipinski definition) is 0. The Kier molecular flexibility index (Phi) is 6.94. The van der Waals surface area contributed by atoms with Gasteiger partial charge < -0.3 is 4.74 Å². The van der Waals surface area contributed by atoms with Gasteiger partial charge in [-0.15, -0.1) is 0 Å². The lowest BCUT2D eigenvalue weighted by molar-refractivity contribution is -0.142. The van der Waals surface area contributed by atoms with E-state index in [0.717, 1.165) is 0 Å². The Hall–Kier alpha value is -2.44. The summed E-state index contributed by atoms with van der Waals surface area (Å²) in [5.41, 5.74) is 0. The first-order valence-electron chi connectivity index (χ1n) is 7.80.